The van der Waals surface area contributed by atoms with Crippen LogP contribution in [0.1, 0.15) is 30.0 Å². The van der Waals surface area contributed by atoms with Gasteiger partial charge in [-0.3, -0.25) is 0 Å². The molecule has 0 amide bonds. The van der Waals surface area contributed by atoms with Crippen LogP contribution in [0.5, 0.6) is 0 Å². The van der Waals surface area contributed by atoms with Crippen molar-refractivity contribution >= 4 is 11.3 Å². The summed E-state index contributed by atoms with van der Waals surface area (Å²) in [6.07, 6.45) is 4.29. The Morgan fingerprint density at radius 1 is 1.69 bits per heavy atom. The maximum absolute atomic E-state index is 9.80. The van der Waals surface area contributed by atoms with Gasteiger partial charge in [-0.05, 0) is 25.7 Å². The molecular weight excluding hydrogens is 182 g/mol. The first-order chi connectivity index (χ1) is 6.25. The van der Waals surface area contributed by atoms with Gasteiger partial charge in [-0.1, -0.05) is 6.42 Å². The van der Waals surface area contributed by atoms with Crippen LogP contribution in [0.3, 0.4) is 0 Å². The molecule has 1 N–H and O–H groups in total. The summed E-state index contributed by atoms with van der Waals surface area (Å²) in [6.45, 7) is 2.00. The zero-order chi connectivity index (χ0) is 9.26. The Bertz CT molecular complexity index is 280. The van der Waals surface area contributed by atoms with Crippen molar-refractivity contribution in [1.82, 2.24) is 4.98 Å². The van der Waals surface area contributed by atoms with Crippen LogP contribution in [-0.2, 0) is 6.42 Å². The molecule has 0 bridgehead atoms. The summed E-state index contributed by atoms with van der Waals surface area (Å²) in [7, 11) is 0. The van der Waals surface area contributed by atoms with Crippen LogP contribution in [0.2, 0.25) is 0 Å². The van der Waals surface area contributed by atoms with Crippen molar-refractivity contribution in [3.8, 4) is 0 Å². The fourth-order valence-corrected chi connectivity index (χ4v) is 2.49. The average molecular weight is 197 g/mol. The van der Waals surface area contributed by atoms with Crippen LogP contribution in [0, 0.1) is 12.8 Å². The van der Waals surface area contributed by atoms with Crippen LogP contribution >= 0.6 is 11.3 Å². The number of hydrogen-bond donors (Lipinski definition) is 1. The van der Waals surface area contributed by atoms with E-state index in [1.807, 2.05) is 12.3 Å². The normalized spacial score (nSPS) is 19.8. The maximum atomic E-state index is 9.80. The zero-order valence-corrected chi connectivity index (χ0v) is 8.68. The molecule has 3 heteroatoms. The molecule has 1 unspecified atom stereocenters. The molecular formula is C10H15NOS. The van der Waals surface area contributed by atoms with Crippen LogP contribution in [0.4, 0.5) is 0 Å². The largest absolute Gasteiger partial charge is 0.392 e. The summed E-state index contributed by atoms with van der Waals surface area (Å²) in [5, 5.41) is 12.9. The van der Waals surface area contributed by atoms with Crippen molar-refractivity contribution in [2.24, 2.45) is 5.92 Å². The third-order valence-corrected chi connectivity index (χ3v) is 3.73. The number of aryl methyl sites for hydroxylation is 1. The van der Waals surface area contributed by atoms with Crippen LogP contribution in [-0.4, -0.2) is 16.2 Å². The van der Waals surface area contributed by atoms with E-state index in [-0.39, 0.29) is 6.10 Å². The Balaban J connectivity index is 1.89. The molecule has 1 aliphatic carbocycles. The Morgan fingerprint density at radius 2 is 2.46 bits per heavy atom. The summed E-state index contributed by atoms with van der Waals surface area (Å²) >= 11 is 1.66. The first-order valence-corrected chi connectivity index (χ1v) is 5.73. The van der Waals surface area contributed by atoms with E-state index in [1.165, 1.54) is 19.3 Å². The summed E-state index contributed by atoms with van der Waals surface area (Å²) in [6, 6.07) is 0. The van der Waals surface area contributed by atoms with Gasteiger partial charge in [0.1, 0.15) is 0 Å². The summed E-state index contributed by atoms with van der Waals surface area (Å²) in [4.78, 5) is 4.35. The third-order valence-electron chi connectivity index (χ3n) is 2.74. The van der Waals surface area contributed by atoms with Gasteiger partial charge in [0.15, 0.2) is 0 Å². The minimum Gasteiger partial charge on any atom is -0.392 e. The lowest BCUT2D eigenvalue weighted by Crippen LogP contribution is -2.28. The monoisotopic (exact) mass is 197 g/mol. The molecule has 2 nitrogen and oxygen atoms in total. The first kappa shape index (κ1) is 9.16. The molecule has 0 spiro atoms. The topological polar surface area (TPSA) is 33.1 Å². The highest BCUT2D eigenvalue weighted by atomic mass is 32.1. The molecule has 13 heavy (non-hydrogen) atoms. The van der Waals surface area contributed by atoms with Gasteiger partial charge in [-0.15, -0.1) is 11.3 Å². The fraction of sp³-hybridized carbons (Fsp3) is 0.700. The second-order valence-electron chi connectivity index (χ2n) is 3.85. The number of nitrogens with zero attached hydrogens (tertiary/aromatic N) is 1. The van der Waals surface area contributed by atoms with E-state index >= 15 is 0 Å². The highest BCUT2D eigenvalue weighted by Gasteiger charge is 2.26. The smallest absolute Gasteiger partial charge is 0.0954 e. The summed E-state index contributed by atoms with van der Waals surface area (Å²) in [5.74, 6) is 0.546. The van der Waals surface area contributed by atoms with Crippen molar-refractivity contribution in [3.05, 3.63) is 16.1 Å². The lowest BCUT2D eigenvalue weighted by Gasteiger charge is -2.29. The molecule has 0 aromatic carbocycles. The van der Waals surface area contributed by atoms with Gasteiger partial charge in [-0.2, -0.15) is 0 Å². The minimum absolute atomic E-state index is 0.153. The number of aliphatic hydroxyl groups excluding tert-OH is 1. The predicted molar refractivity (Wildman–Crippen MR) is 53.9 cm³/mol. The second kappa shape index (κ2) is 3.76. The highest BCUT2D eigenvalue weighted by molar-refractivity contribution is 7.09. The highest BCUT2D eigenvalue weighted by Crippen LogP contribution is 2.31. The number of aliphatic hydroxyl groups is 1. The molecule has 1 aromatic rings. The predicted octanol–water partition coefficient (Wildman–Crippen LogP) is 2.16. The van der Waals surface area contributed by atoms with Crippen LogP contribution < -0.4 is 0 Å². The molecule has 2 rings (SSSR count). The van der Waals surface area contributed by atoms with Gasteiger partial charge in [-0.25, -0.2) is 4.98 Å². The molecule has 72 valence electrons. The molecule has 1 saturated carbocycles. The van der Waals surface area contributed by atoms with Crippen molar-refractivity contribution < 1.29 is 5.11 Å². The number of thiazole rings is 1. The standard InChI is InChI=1S/C10H15NOS/c1-7-6-13-10(11-7)5-9(12)8-3-2-4-8/h6,8-9,12H,2-5H2,1H3. The quantitative estimate of drug-likeness (QED) is 0.805. The molecule has 1 atom stereocenters. The number of rotatable bonds is 3. The van der Waals surface area contributed by atoms with E-state index in [0.29, 0.717) is 5.92 Å². The molecule has 0 aliphatic heterocycles. The Kier molecular flexibility index (Phi) is 2.65. The van der Waals surface area contributed by atoms with Gasteiger partial charge in [0.25, 0.3) is 0 Å². The molecule has 1 fully saturated rings. The lowest BCUT2D eigenvalue weighted by atomic mass is 9.80. The molecule has 0 saturated heterocycles. The van der Waals surface area contributed by atoms with Crippen molar-refractivity contribution in [2.45, 2.75) is 38.7 Å². The van der Waals surface area contributed by atoms with Gasteiger partial charge in [0.05, 0.1) is 11.1 Å². The van der Waals surface area contributed by atoms with Gasteiger partial charge >= 0.3 is 0 Å². The Hall–Kier alpha value is -0.410. The lowest BCUT2D eigenvalue weighted by molar-refractivity contribution is 0.0629. The van der Waals surface area contributed by atoms with E-state index in [2.05, 4.69) is 4.98 Å². The second-order valence-corrected chi connectivity index (χ2v) is 4.79. The van der Waals surface area contributed by atoms with Crippen molar-refractivity contribution in [1.29, 1.82) is 0 Å². The SMILES string of the molecule is Cc1csc(CC(O)C2CCC2)n1. The van der Waals surface area contributed by atoms with Crippen molar-refractivity contribution in [2.75, 3.05) is 0 Å². The van der Waals surface area contributed by atoms with Gasteiger partial charge in [0.2, 0.25) is 0 Å². The van der Waals surface area contributed by atoms with Crippen LogP contribution in [0.25, 0.3) is 0 Å². The van der Waals surface area contributed by atoms with E-state index < -0.39 is 0 Å². The summed E-state index contributed by atoms with van der Waals surface area (Å²) < 4.78 is 0. The summed E-state index contributed by atoms with van der Waals surface area (Å²) in [5.41, 5.74) is 1.07. The van der Waals surface area contributed by atoms with Crippen LogP contribution in [0.15, 0.2) is 5.38 Å². The van der Waals surface area contributed by atoms with E-state index in [4.69, 9.17) is 0 Å². The number of aromatic nitrogens is 1. The Labute approximate surface area is 82.6 Å². The first-order valence-electron chi connectivity index (χ1n) is 4.85. The van der Waals surface area contributed by atoms with E-state index in [9.17, 15) is 5.11 Å². The van der Waals surface area contributed by atoms with Crippen molar-refractivity contribution in [3.63, 3.8) is 0 Å². The third kappa shape index (κ3) is 2.09. The molecule has 1 heterocycles. The van der Waals surface area contributed by atoms with E-state index in [0.717, 1.165) is 17.1 Å². The zero-order valence-electron chi connectivity index (χ0n) is 7.86. The Morgan fingerprint density at radius 3 is 2.92 bits per heavy atom. The minimum atomic E-state index is -0.153. The van der Waals surface area contributed by atoms with E-state index in [1.54, 1.807) is 11.3 Å². The molecule has 1 aliphatic rings. The number of hydrogen-bond acceptors (Lipinski definition) is 3. The molecule has 1 aromatic heterocycles. The average Bonchev–Trinajstić information content (AvgIpc) is 2.31. The maximum Gasteiger partial charge on any atom is 0.0954 e. The van der Waals surface area contributed by atoms with Gasteiger partial charge in [0, 0.05) is 17.5 Å². The van der Waals surface area contributed by atoms with Gasteiger partial charge < -0.3 is 5.11 Å². The molecule has 0 radical (unpaired) electrons. The fourth-order valence-electron chi connectivity index (χ4n) is 1.67.